The van der Waals surface area contributed by atoms with Gasteiger partial charge in [-0.2, -0.15) is 0 Å². The van der Waals surface area contributed by atoms with Gasteiger partial charge >= 0.3 is 0 Å². The summed E-state index contributed by atoms with van der Waals surface area (Å²) in [4.78, 5) is 13.4. The molecular formula is C11H22N2O. The Morgan fingerprint density at radius 1 is 1.57 bits per heavy atom. The molecule has 0 aliphatic carbocycles. The monoisotopic (exact) mass is 198 g/mol. The van der Waals surface area contributed by atoms with Crippen molar-refractivity contribution in [1.29, 1.82) is 0 Å². The Labute approximate surface area is 87.0 Å². The molecule has 2 N–H and O–H groups in total. The van der Waals surface area contributed by atoms with Crippen molar-refractivity contribution in [3.05, 3.63) is 12.7 Å². The van der Waals surface area contributed by atoms with Gasteiger partial charge in [0.05, 0.1) is 6.04 Å². The first-order chi connectivity index (χ1) is 6.50. The zero-order chi connectivity index (χ0) is 11.1. The summed E-state index contributed by atoms with van der Waals surface area (Å²) < 4.78 is 0. The molecule has 0 aliphatic rings. The molecule has 0 aromatic heterocycles. The van der Waals surface area contributed by atoms with Crippen LogP contribution in [0.4, 0.5) is 0 Å². The molecule has 0 aromatic carbocycles. The number of allylic oxidation sites excluding steroid dienone is 1. The van der Waals surface area contributed by atoms with Crippen molar-refractivity contribution in [3.63, 3.8) is 0 Å². The maximum atomic E-state index is 11.7. The average Bonchev–Trinajstić information content (AvgIpc) is 2.15. The molecule has 0 bridgehead atoms. The zero-order valence-electron chi connectivity index (χ0n) is 9.49. The van der Waals surface area contributed by atoms with E-state index in [0.717, 1.165) is 19.4 Å². The summed E-state index contributed by atoms with van der Waals surface area (Å²) in [5.41, 5.74) is 5.75. The van der Waals surface area contributed by atoms with Crippen LogP contribution < -0.4 is 5.73 Å². The highest BCUT2D eigenvalue weighted by Gasteiger charge is 2.20. The Morgan fingerprint density at radius 2 is 2.14 bits per heavy atom. The van der Waals surface area contributed by atoms with Gasteiger partial charge < -0.3 is 10.6 Å². The minimum Gasteiger partial charge on any atom is -0.344 e. The summed E-state index contributed by atoms with van der Waals surface area (Å²) in [7, 11) is 1.80. The average molecular weight is 198 g/mol. The number of unbranched alkanes of at least 4 members (excludes halogenated alkanes) is 1. The second-order valence-corrected chi connectivity index (χ2v) is 3.96. The van der Waals surface area contributed by atoms with Gasteiger partial charge in [-0.3, -0.25) is 4.79 Å². The van der Waals surface area contributed by atoms with E-state index in [2.05, 4.69) is 6.58 Å². The number of likely N-dealkylation sites (N-methyl/N-ethyl adjacent to an activating group) is 1. The number of amides is 1. The molecule has 0 heterocycles. The van der Waals surface area contributed by atoms with Crippen LogP contribution in [0.1, 0.15) is 26.7 Å². The molecule has 0 saturated heterocycles. The van der Waals surface area contributed by atoms with Crippen molar-refractivity contribution in [3.8, 4) is 0 Å². The van der Waals surface area contributed by atoms with Crippen LogP contribution >= 0.6 is 0 Å². The summed E-state index contributed by atoms with van der Waals surface area (Å²) in [6.07, 6.45) is 3.76. The number of carbonyl (C=O) groups excluding carboxylic acids is 1. The van der Waals surface area contributed by atoms with E-state index in [0.29, 0.717) is 0 Å². The van der Waals surface area contributed by atoms with Crippen molar-refractivity contribution in [1.82, 2.24) is 4.90 Å². The number of carbonyl (C=O) groups is 1. The molecule has 1 amide bonds. The number of nitrogens with zero attached hydrogens (tertiary/aromatic N) is 1. The van der Waals surface area contributed by atoms with E-state index in [9.17, 15) is 4.79 Å². The third-order valence-electron chi connectivity index (χ3n) is 2.28. The van der Waals surface area contributed by atoms with Gasteiger partial charge in [-0.15, -0.1) is 6.58 Å². The van der Waals surface area contributed by atoms with Crippen molar-refractivity contribution < 1.29 is 4.79 Å². The Morgan fingerprint density at radius 3 is 2.57 bits per heavy atom. The van der Waals surface area contributed by atoms with E-state index in [1.165, 1.54) is 0 Å². The smallest absolute Gasteiger partial charge is 0.239 e. The fourth-order valence-corrected chi connectivity index (χ4v) is 1.12. The fourth-order valence-electron chi connectivity index (χ4n) is 1.12. The molecule has 1 atom stereocenters. The SMILES string of the molecule is C=CCCCN(C)C(=O)[C@@H](N)C(C)C. The van der Waals surface area contributed by atoms with Crippen LogP contribution in [0.15, 0.2) is 12.7 Å². The van der Waals surface area contributed by atoms with Gasteiger partial charge in [0, 0.05) is 13.6 Å². The Kier molecular flexibility index (Phi) is 6.21. The zero-order valence-corrected chi connectivity index (χ0v) is 9.49. The number of rotatable bonds is 6. The normalized spacial score (nSPS) is 12.6. The van der Waals surface area contributed by atoms with Crippen molar-refractivity contribution in [2.24, 2.45) is 11.7 Å². The van der Waals surface area contributed by atoms with Gasteiger partial charge in [-0.25, -0.2) is 0 Å². The Hall–Kier alpha value is -0.830. The van der Waals surface area contributed by atoms with Crippen LogP contribution in [0, 0.1) is 5.92 Å². The second-order valence-electron chi connectivity index (χ2n) is 3.96. The Balaban J connectivity index is 3.92. The van der Waals surface area contributed by atoms with Crippen molar-refractivity contribution >= 4 is 5.91 Å². The molecule has 0 unspecified atom stereocenters. The van der Waals surface area contributed by atoms with E-state index in [1.54, 1.807) is 11.9 Å². The molecule has 0 aromatic rings. The topological polar surface area (TPSA) is 46.3 Å². The third-order valence-corrected chi connectivity index (χ3v) is 2.28. The lowest BCUT2D eigenvalue weighted by Gasteiger charge is -2.23. The molecule has 0 spiro atoms. The predicted octanol–water partition coefficient (Wildman–Crippen LogP) is 1.39. The van der Waals surface area contributed by atoms with Crippen molar-refractivity contribution in [2.45, 2.75) is 32.7 Å². The molecule has 0 rings (SSSR count). The molecule has 0 aliphatic heterocycles. The minimum atomic E-state index is -0.372. The summed E-state index contributed by atoms with van der Waals surface area (Å²) in [5.74, 6) is 0.230. The van der Waals surface area contributed by atoms with Crippen LogP contribution in [0.5, 0.6) is 0 Å². The van der Waals surface area contributed by atoms with Crippen LogP contribution in [-0.4, -0.2) is 30.4 Å². The molecule has 3 nitrogen and oxygen atoms in total. The van der Waals surface area contributed by atoms with Gasteiger partial charge in [0.25, 0.3) is 0 Å². The van der Waals surface area contributed by atoms with E-state index in [4.69, 9.17) is 5.73 Å². The van der Waals surface area contributed by atoms with Gasteiger partial charge in [0.15, 0.2) is 0 Å². The van der Waals surface area contributed by atoms with E-state index >= 15 is 0 Å². The number of hydrogen-bond donors (Lipinski definition) is 1. The highest BCUT2D eigenvalue weighted by molar-refractivity contribution is 5.81. The lowest BCUT2D eigenvalue weighted by molar-refractivity contribution is -0.132. The van der Waals surface area contributed by atoms with E-state index in [-0.39, 0.29) is 17.9 Å². The molecule has 14 heavy (non-hydrogen) atoms. The molecular weight excluding hydrogens is 176 g/mol. The molecule has 82 valence electrons. The number of nitrogens with two attached hydrogens (primary N) is 1. The van der Waals surface area contributed by atoms with Crippen LogP contribution in [0.3, 0.4) is 0 Å². The standard InChI is InChI=1S/C11H22N2O/c1-5-6-7-8-13(4)11(14)10(12)9(2)3/h5,9-10H,1,6-8,12H2,2-4H3/t10-/m0/s1. The largest absolute Gasteiger partial charge is 0.344 e. The quantitative estimate of drug-likeness (QED) is 0.518. The summed E-state index contributed by atoms with van der Waals surface area (Å²) in [6, 6.07) is -0.372. The van der Waals surface area contributed by atoms with Crippen LogP contribution in [-0.2, 0) is 4.79 Å². The van der Waals surface area contributed by atoms with Gasteiger partial charge in [-0.05, 0) is 18.8 Å². The van der Waals surface area contributed by atoms with Crippen molar-refractivity contribution in [2.75, 3.05) is 13.6 Å². The summed E-state index contributed by atoms with van der Waals surface area (Å²) >= 11 is 0. The first kappa shape index (κ1) is 13.2. The van der Waals surface area contributed by atoms with Gasteiger partial charge in [0.1, 0.15) is 0 Å². The fraction of sp³-hybridized carbons (Fsp3) is 0.727. The first-order valence-corrected chi connectivity index (χ1v) is 5.12. The first-order valence-electron chi connectivity index (χ1n) is 5.12. The second kappa shape index (κ2) is 6.60. The lowest BCUT2D eigenvalue weighted by atomic mass is 10.0. The molecule has 0 fully saturated rings. The molecule has 0 radical (unpaired) electrons. The maximum Gasteiger partial charge on any atom is 0.239 e. The highest BCUT2D eigenvalue weighted by atomic mass is 16.2. The summed E-state index contributed by atoms with van der Waals surface area (Å²) in [6.45, 7) is 8.31. The lowest BCUT2D eigenvalue weighted by Crippen LogP contribution is -2.45. The Bertz CT molecular complexity index is 190. The predicted molar refractivity (Wildman–Crippen MR) is 59.9 cm³/mol. The maximum absolute atomic E-state index is 11.7. The van der Waals surface area contributed by atoms with E-state index in [1.807, 2.05) is 19.9 Å². The van der Waals surface area contributed by atoms with Crippen LogP contribution in [0.25, 0.3) is 0 Å². The highest BCUT2D eigenvalue weighted by Crippen LogP contribution is 2.03. The molecule has 0 saturated carbocycles. The third kappa shape index (κ3) is 4.42. The minimum absolute atomic E-state index is 0.0315. The van der Waals surface area contributed by atoms with E-state index < -0.39 is 0 Å². The van der Waals surface area contributed by atoms with Gasteiger partial charge in [-0.1, -0.05) is 19.9 Å². The number of hydrogen-bond acceptors (Lipinski definition) is 2. The molecule has 3 heteroatoms. The summed E-state index contributed by atoms with van der Waals surface area (Å²) in [5, 5.41) is 0. The van der Waals surface area contributed by atoms with Crippen LogP contribution in [0.2, 0.25) is 0 Å². The van der Waals surface area contributed by atoms with Gasteiger partial charge in [0.2, 0.25) is 5.91 Å².